The van der Waals surface area contributed by atoms with Gasteiger partial charge >= 0.3 is 5.97 Å². The quantitative estimate of drug-likeness (QED) is 0.638. The van der Waals surface area contributed by atoms with E-state index in [0.717, 1.165) is 30.7 Å². The van der Waals surface area contributed by atoms with E-state index in [1.165, 1.54) is 6.07 Å². The van der Waals surface area contributed by atoms with Crippen molar-refractivity contribution in [1.82, 2.24) is 15.1 Å². The van der Waals surface area contributed by atoms with Gasteiger partial charge < -0.3 is 10.1 Å². The van der Waals surface area contributed by atoms with Gasteiger partial charge in [0.1, 0.15) is 5.82 Å². The molecule has 2 rings (SSSR count). The van der Waals surface area contributed by atoms with E-state index in [2.05, 4.69) is 31.0 Å². The predicted molar refractivity (Wildman–Crippen MR) is 100 cm³/mol. The van der Waals surface area contributed by atoms with Gasteiger partial charge in [-0.25, -0.2) is 4.39 Å². The lowest BCUT2D eigenvalue weighted by molar-refractivity contribution is -0.143. The van der Waals surface area contributed by atoms with Crippen LogP contribution in [-0.4, -0.2) is 67.6 Å². The van der Waals surface area contributed by atoms with E-state index < -0.39 is 0 Å². The zero-order valence-electron chi connectivity index (χ0n) is 15.0. The summed E-state index contributed by atoms with van der Waals surface area (Å²) in [4.78, 5) is 27.4. The molecule has 0 radical (unpaired) electrons. The number of nitrogens with zero attached hydrogens (tertiary/aromatic N) is 2. The van der Waals surface area contributed by atoms with Gasteiger partial charge in [0.15, 0.2) is 0 Å². The van der Waals surface area contributed by atoms with Gasteiger partial charge in [-0.15, -0.1) is 0 Å². The first-order chi connectivity index (χ1) is 12.5. The summed E-state index contributed by atoms with van der Waals surface area (Å²) in [5.74, 6) is -0.605. The number of ether oxygens (including phenoxy) is 1. The minimum absolute atomic E-state index is 0.0956. The largest absolute Gasteiger partial charge is 0.466 e. The second-order valence-electron chi connectivity index (χ2n) is 6.19. The van der Waals surface area contributed by atoms with Crippen molar-refractivity contribution in [3.8, 4) is 0 Å². The molecular weight excluding hydrogens is 405 g/mol. The van der Waals surface area contributed by atoms with Crippen molar-refractivity contribution in [3.63, 3.8) is 0 Å². The third-order valence-corrected chi connectivity index (χ3v) is 4.69. The maximum Gasteiger partial charge on any atom is 0.307 e. The molecule has 144 valence electrons. The van der Waals surface area contributed by atoms with Gasteiger partial charge in [0, 0.05) is 49.3 Å². The van der Waals surface area contributed by atoms with Crippen LogP contribution >= 0.6 is 15.9 Å². The minimum atomic E-state index is -0.304. The average Bonchev–Trinajstić information content (AvgIpc) is 2.59. The van der Waals surface area contributed by atoms with Crippen LogP contribution in [0.1, 0.15) is 18.9 Å². The highest BCUT2D eigenvalue weighted by Gasteiger charge is 2.20. The Hall–Kier alpha value is -1.51. The molecule has 1 saturated heterocycles. The Bertz CT molecular complexity index is 622. The molecule has 1 aliphatic rings. The Morgan fingerprint density at radius 2 is 1.92 bits per heavy atom. The van der Waals surface area contributed by atoms with Crippen molar-refractivity contribution >= 4 is 27.8 Å². The van der Waals surface area contributed by atoms with Crippen LogP contribution in [0.25, 0.3) is 0 Å². The van der Waals surface area contributed by atoms with Crippen molar-refractivity contribution in [2.24, 2.45) is 0 Å². The Kier molecular flexibility index (Phi) is 8.47. The first kappa shape index (κ1) is 20.8. The number of amides is 1. The maximum absolute atomic E-state index is 13.9. The van der Waals surface area contributed by atoms with Crippen molar-refractivity contribution < 1.29 is 18.7 Å². The summed E-state index contributed by atoms with van der Waals surface area (Å²) in [5.41, 5.74) is 0.679. The Balaban J connectivity index is 1.66. The number of hydrogen-bond acceptors (Lipinski definition) is 5. The Morgan fingerprint density at radius 3 is 2.58 bits per heavy atom. The van der Waals surface area contributed by atoms with Gasteiger partial charge in [0.25, 0.3) is 0 Å². The number of halogens is 2. The van der Waals surface area contributed by atoms with Crippen molar-refractivity contribution in [1.29, 1.82) is 0 Å². The number of carbonyl (C=O) groups is 2. The summed E-state index contributed by atoms with van der Waals surface area (Å²) < 4.78 is 19.5. The highest BCUT2D eigenvalue weighted by atomic mass is 79.9. The second kappa shape index (κ2) is 10.6. The van der Waals surface area contributed by atoms with Crippen LogP contribution in [0.4, 0.5) is 4.39 Å². The fraction of sp³-hybridized carbons (Fsp3) is 0.556. The molecule has 0 spiro atoms. The average molecular weight is 430 g/mol. The molecule has 1 aromatic carbocycles. The highest BCUT2D eigenvalue weighted by Crippen LogP contribution is 2.17. The van der Waals surface area contributed by atoms with E-state index in [0.29, 0.717) is 31.8 Å². The first-order valence-electron chi connectivity index (χ1n) is 8.79. The van der Waals surface area contributed by atoms with E-state index in [4.69, 9.17) is 4.74 Å². The number of carbonyl (C=O) groups excluding carboxylic acids is 2. The van der Waals surface area contributed by atoms with E-state index in [9.17, 15) is 14.0 Å². The van der Waals surface area contributed by atoms with Crippen LogP contribution in [0.15, 0.2) is 22.7 Å². The number of rotatable bonds is 8. The lowest BCUT2D eigenvalue weighted by Gasteiger charge is -2.34. The van der Waals surface area contributed by atoms with Gasteiger partial charge in [0.05, 0.1) is 19.6 Å². The van der Waals surface area contributed by atoms with E-state index in [1.54, 1.807) is 13.0 Å². The molecule has 0 aliphatic carbocycles. The van der Waals surface area contributed by atoms with Gasteiger partial charge in [-0.05, 0) is 19.1 Å². The zero-order chi connectivity index (χ0) is 18.9. The fourth-order valence-electron chi connectivity index (χ4n) is 2.79. The monoisotopic (exact) mass is 429 g/mol. The van der Waals surface area contributed by atoms with Crippen LogP contribution in [0.3, 0.4) is 0 Å². The molecule has 0 unspecified atom stereocenters. The summed E-state index contributed by atoms with van der Waals surface area (Å²) >= 11 is 3.26. The van der Waals surface area contributed by atoms with Gasteiger partial charge in [-0.3, -0.25) is 19.4 Å². The predicted octanol–water partition coefficient (Wildman–Crippen LogP) is 1.78. The molecule has 0 saturated carbocycles. The molecule has 0 atom stereocenters. The normalized spacial score (nSPS) is 15.7. The summed E-state index contributed by atoms with van der Waals surface area (Å²) in [7, 11) is 0. The van der Waals surface area contributed by atoms with Crippen LogP contribution in [0.5, 0.6) is 0 Å². The van der Waals surface area contributed by atoms with Crippen molar-refractivity contribution in [2.75, 3.05) is 45.9 Å². The van der Waals surface area contributed by atoms with Crippen molar-refractivity contribution in [2.45, 2.75) is 19.9 Å². The number of hydrogen-bond donors (Lipinski definition) is 1. The zero-order valence-corrected chi connectivity index (χ0v) is 16.6. The van der Waals surface area contributed by atoms with Crippen molar-refractivity contribution in [3.05, 3.63) is 34.1 Å². The third-order valence-electron chi connectivity index (χ3n) is 4.20. The molecule has 8 heteroatoms. The molecule has 6 nitrogen and oxygen atoms in total. The number of benzene rings is 1. The van der Waals surface area contributed by atoms with Gasteiger partial charge in [-0.1, -0.05) is 22.0 Å². The smallest absolute Gasteiger partial charge is 0.307 e. The molecule has 1 N–H and O–H groups in total. The fourth-order valence-corrected chi connectivity index (χ4v) is 3.13. The Labute approximate surface area is 161 Å². The standard InChI is InChI=1S/C18H25BrFN3O3/c1-2-26-18(25)5-6-21-17(24)13-23-9-7-22(8-10-23)12-14-3-4-15(19)11-16(14)20/h3-4,11H,2,5-10,12-13H2,1H3,(H,21,24). The lowest BCUT2D eigenvalue weighted by Crippen LogP contribution is -2.49. The molecule has 1 fully saturated rings. The van der Waals surface area contributed by atoms with Crippen LogP contribution in [0.2, 0.25) is 0 Å². The molecule has 26 heavy (non-hydrogen) atoms. The lowest BCUT2D eigenvalue weighted by atomic mass is 10.2. The molecule has 0 aromatic heterocycles. The molecule has 1 amide bonds. The van der Waals surface area contributed by atoms with Gasteiger partial charge in [-0.2, -0.15) is 0 Å². The number of esters is 1. The topological polar surface area (TPSA) is 61.9 Å². The maximum atomic E-state index is 13.9. The SMILES string of the molecule is CCOC(=O)CCNC(=O)CN1CCN(Cc2ccc(Br)cc2F)CC1. The van der Waals surface area contributed by atoms with Crippen LogP contribution in [0, 0.1) is 5.82 Å². The highest BCUT2D eigenvalue weighted by molar-refractivity contribution is 9.10. The number of piperazine rings is 1. The van der Waals surface area contributed by atoms with E-state index in [-0.39, 0.29) is 24.1 Å². The minimum Gasteiger partial charge on any atom is -0.466 e. The molecule has 1 aliphatic heterocycles. The summed E-state index contributed by atoms with van der Waals surface area (Å²) in [6.45, 7) is 6.34. The Morgan fingerprint density at radius 1 is 1.23 bits per heavy atom. The second-order valence-corrected chi connectivity index (χ2v) is 7.11. The molecular formula is C18H25BrFN3O3. The molecule has 0 bridgehead atoms. The third kappa shape index (κ3) is 7.01. The molecule has 1 aromatic rings. The van der Waals surface area contributed by atoms with Gasteiger partial charge in [0.2, 0.25) is 5.91 Å². The number of nitrogens with one attached hydrogen (secondary N) is 1. The summed E-state index contributed by atoms with van der Waals surface area (Å²) in [5, 5.41) is 2.73. The van der Waals surface area contributed by atoms with E-state index in [1.807, 2.05) is 6.07 Å². The molecule has 1 heterocycles. The van der Waals surface area contributed by atoms with Crippen LogP contribution < -0.4 is 5.32 Å². The summed E-state index contributed by atoms with van der Waals surface area (Å²) in [6, 6.07) is 5.12. The van der Waals surface area contributed by atoms with Crippen LogP contribution in [-0.2, 0) is 20.9 Å². The first-order valence-corrected chi connectivity index (χ1v) is 9.58. The summed E-state index contributed by atoms with van der Waals surface area (Å²) in [6.07, 6.45) is 0.187. The van der Waals surface area contributed by atoms with E-state index >= 15 is 0 Å².